The van der Waals surface area contributed by atoms with Gasteiger partial charge in [-0.25, -0.2) is 8.42 Å². The Morgan fingerprint density at radius 2 is 1.82 bits per heavy atom. The molecule has 1 aliphatic rings. The number of nitrogens with one attached hydrogen (secondary N) is 1. The number of nitrogens with zero attached hydrogens (tertiary/aromatic N) is 1. The maximum atomic E-state index is 13.2. The van der Waals surface area contributed by atoms with Crippen molar-refractivity contribution in [3.63, 3.8) is 0 Å². The molecule has 0 aliphatic carbocycles. The number of methoxy groups -OCH3 is 1. The number of aryl methyl sites for hydroxylation is 2. The van der Waals surface area contributed by atoms with Crippen LogP contribution in [0.3, 0.4) is 0 Å². The fourth-order valence-electron chi connectivity index (χ4n) is 3.66. The maximum Gasteiger partial charge on any atom is 0.265 e. The highest BCUT2D eigenvalue weighted by Gasteiger charge is 2.37. The molecule has 0 radical (unpaired) electrons. The number of anilines is 2. The van der Waals surface area contributed by atoms with E-state index in [4.69, 9.17) is 9.47 Å². The van der Waals surface area contributed by atoms with E-state index < -0.39 is 15.4 Å². The lowest BCUT2D eigenvalue weighted by atomic mass is 9.92. The third kappa shape index (κ3) is 5.27. The van der Waals surface area contributed by atoms with Crippen molar-refractivity contribution in [2.45, 2.75) is 52.9 Å². The van der Waals surface area contributed by atoms with E-state index in [1.54, 1.807) is 35.2 Å². The Morgan fingerprint density at radius 1 is 1.15 bits per heavy atom. The first-order valence-corrected chi connectivity index (χ1v) is 12.6. The first kappa shape index (κ1) is 24.9. The zero-order chi connectivity index (χ0) is 24.6. The van der Waals surface area contributed by atoms with Crippen LogP contribution in [0, 0.1) is 25.2 Å². The van der Waals surface area contributed by atoms with E-state index >= 15 is 0 Å². The molecule has 0 spiro atoms. The average Bonchev–Trinajstić information content (AvgIpc) is 2.82. The van der Waals surface area contributed by atoms with Crippen molar-refractivity contribution in [1.29, 1.82) is 0 Å². The molecule has 1 aliphatic heterocycles. The van der Waals surface area contributed by atoms with Gasteiger partial charge in [-0.3, -0.25) is 9.52 Å². The molecule has 1 heterocycles. The SMILES string of the molecule is COc1cc(C)c(C)cc1S(=O)(=O)Nc1ccc2c(c1)OCC(C)(C)C(=O)N2CCC(C)C. The number of rotatable bonds is 7. The summed E-state index contributed by atoms with van der Waals surface area (Å²) in [6, 6.07) is 8.35. The number of benzene rings is 2. The summed E-state index contributed by atoms with van der Waals surface area (Å²) < 4.78 is 40.3. The zero-order valence-electron chi connectivity index (χ0n) is 20.5. The van der Waals surface area contributed by atoms with Gasteiger partial charge in [0.05, 0.1) is 23.9 Å². The maximum absolute atomic E-state index is 13.2. The monoisotopic (exact) mass is 474 g/mol. The van der Waals surface area contributed by atoms with Gasteiger partial charge in [0, 0.05) is 12.6 Å². The van der Waals surface area contributed by atoms with E-state index in [-0.39, 0.29) is 23.2 Å². The Labute approximate surface area is 197 Å². The molecule has 0 bridgehead atoms. The highest BCUT2D eigenvalue weighted by Crippen LogP contribution is 2.39. The molecule has 2 aromatic rings. The summed E-state index contributed by atoms with van der Waals surface area (Å²) >= 11 is 0. The summed E-state index contributed by atoms with van der Waals surface area (Å²) in [6.07, 6.45) is 0.849. The Kier molecular flexibility index (Phi) is 6.98. The Balaban J connectivity index is 1.98. The van der Waals surface area contributed by atoms with Crippen molar-refractivity contribution in [2.24, 2.45) is 11.3 Å². The number of hydrogen-bond acceptors (Lipinski definition) is 5. The number of fused-ring (bicyclic) bond motifs is 1. The van der Waals surface area contributed by atoms with Crippen LogP contribution in [0.25, 0.3) is 0 Å². The third-order valence-electron chi connectivity index (χ3n) is 5.91. The van der Waals surface area contributed by atoms with Crippen LogP contribution < -0.4 is 19.1 Å². The molecule has 8 heteroatoms. The predicted molar refractivity (Wildman–Crippen MR) is 131 cm³/mol. The lowest BCUT2D eigenvalue weighted by molar-refractivity contribution is -0.127. The minimum atomic E-state index is -3.91. The normalized spacial score (nSPS) is 15.6. The fourth-order valence-corrected chi connectivity index (χ4v) is 4.95. The van der Waals surface area contributed by atoms with Crippen LogP contribution in [0.4, 0.5) is 11.4 Å². The van der Waals surface area contributed by atoms with Crippen LogP contribution in [0.2, 0.25) is 0 Å². The van der Waals surface area contributed by atoms with Crippen LogP contribution in [0.15, 0.2) is 35.2 Å². The van der Waals surface area contributed by atoms with Crippen LogP contribution in [0.5, 0.6) is 11.5 Å². The van der Waals surface area contributed by atoms with Crippen LogP contribution >= 0.6 is 0 Å². The van der Waals surface area contributed by atoms with E-state index in [0.717, 1.165) is 17.5 Å². The number of carbonyl (C=O) groups is 1. The molecule has 1 N–H and O–H groups in total. The van der Waals surface area contributed by atoms with E-state index in [1.165, 1.54) is 7.11 Å². The van der Waals surface area contributed by atoms with Crippen molar-refractivity contribution in [3.8, 4) is 11.5 Å². The number of sulfonamides is 1. The van der Waals surface area contributed by atoms with Crippen molar-refractivity contribution in [3.05, 3.63) is 41.5 Å². The van der Waals surface area contributed by atoms with Gasteiger partial charge in [-0.15, -0.1) is 0 Å². The molecule has 0 atom stereocenters. The Hall–Kier alpha value is -2.74. The Bertz CT molecular complexity index is 1160. The highest BCUT2D eigenvalue weighted by atomic mass is 32.2. The van der Waals surface area contributed by atoms with Gasteiger partial charge >= 0.3 is 0 Å². The van der Waals surface area contributed by atoms with Crippen LogP contribution in [-0.2, 0) is 14.8 Å². The predicted octanol–water partition coefficient (Wildman–Crippen LogP) is 4.91. The molecule has 1 amide bonds. The summed E-state index contributed by atoms with van der Waals surface area (Å²) in [7, 11) is -2.46. The molecule has 0 unspecified atom stereocenters. The van der Waals surface area contributed by atoms with Gasteiger partial charge in [0.1, 0.15) is 23.0 Å². The third-order valence-corrected chi connectivity index (χ3v) is 7.32. The van der Waals surface area contributed by atoms with Crippen molar-refractivity contribution in [1.82, 2.24) is 0 Å². The smallest absolute Gasteiger partial charge is 0.265 e. The first-order chi connectivity index (χ1) is 15.4. The lowest BCUT2D eigenvalue weighted by Crippen LogP contribution is -2.42. The number of hydrogen-bond donors (Lipinski definition) is 1. The molecule has 3 rings (SSSR count). The fraction of sp³-hybridized carbons (Fsp3) is 0.480. The largest absolute Gasteiger partial charge is 0.495 e. The summed E-state index contributed by atoms with van der Waals surface area (Å²) in [6.45, 7) is 12.5. The lowest BCUT2D eigenvalue weighted by Gasteiger charge is -2.28. The van der Waals surface area contributed by atoms with Crippen molar-refractivity contribution < 1.29 is 22.7 Å². The molecule has 2 aromatic carbocycles. The minimum Gasteiger partial charge on any atom is -0.495 e. The topological polar surface area (TPSA) is 84.9 Å². The van der Waals surface area contributed by atoms with Crippen molar-refractivity contribution in [2.75, 3.05) is 29.9 Å². The van der Waals surface area contributed by atoms with Gasteiger partial charge < -0.3 is 14.4 Å². The standard InChI is InChI=1S/C25H34N2O5S/c1-16(2)10-11-27-20-9-8-19(14-21(20)32-15-25(5,6)24(27)28)26-33(29,30)23-13-18(4)17(3)12-22(23)31-7/h8-9,12-14,16,26H,10-11,15H2,1-7H3. The van der Waals surface area contributed by atoms with E-state index in [0.29, 0.717) is 29.6 Å². The minimum absolute atomic E-state index is 0.00454. The first-order valence-electron chi connectivity index (χ1n) is 11.1. The molecular formula is C25H34N2O5S. The van der Waals surface area contributed by atoms with Gasteiger partial charge in [-0.1, -0.05) is 13.8 Å². The van der Waals surface area contributed by atoms with Gasteiger partial charge in [-0.05, 0) is 75.4 Å². The van der Waals surface area contributed by atoms with E-state index in [1.807, 2.05) is 27.7 Å². The van der Waals surface area contributed by atoms with Gasteiger partial charge in [0.15, 0.2) is 0 Å². The van der Waals surface area contributed by atoms with Crippen LogP contribution in [0.1, 0.15) is 45.2 Å². The average molecular weight is 475 g/mol. The highest BCUT2D eigenvalue weighted by molar-refractivity contribution is 7.92. The molecule has 0 saturated carbocycles. The molecule has 0 saturated heterocycles. The van der Waals surface area contributed by atoms with E-state index in [2.05, 4.69) is 18.6 Å². The summed E-state index contributed by atoms with van der Waals surface area (Å²) in [5.74, 6) is 1.19. The van der Waals surface area contributed by atoms with Gasteiger partial charge in [0.25, 0.3) is 10.0 Å². The second kappa shape index (κ2) is 9.25. The second-order valence-corrected chi connectivity index (χ2v) is 11.3. The summed E-state index contributed by atoms with van der Waals surface area (Å²) in [4.78, 5) is 15.0. The number of ether oxygens (including phenoxy) is 2. The quantitative estimate of drug-likeness (QED) is 0.616. The Morgan fingerprint density at radius 3 is 2.45 bits per heavy atom. The molecular weight excluding hydrogens is 440 g/mol. The molecule has 0 fully saturated rings. The summed E-state index contributed by atoms with van der Waals surface area (Å²) in [5, 5.41) is 0. The molecule has 0 aromatic heterocycles. The van der Waals surface area contributed by atoms with E-state index in [9.17, 15) is 13.2 Å². The second-order valence-electron chi connectivity index (χ2n) is 9.69. The van der Waals surface area contributed by atoms with Gasteiger partial charge in [-0.2, -0.15) is 0 Å². The molecule has 180 valence electrons. The van der Waals surface area contributed by atoms with Gasteiger partial charge in [0.2, 0.25) is 5.91 Å². The molecule has 7 nitrogen and oxygen atoms in total. The number of amides is 1. The molecule has 33 heavy (non-hydrogen) atoms. The van der Waals surface area contributed by atoms with Crippen LogP contribution in [-0.4, -0.2) is 34.6 Å². The summed E-state index contributed by atoms with van der Waals surface area (Å²) in [5.41, 5.74) is 2.10. The number of carbonyl (C=O) groups excluding carboxylic acids is 1. The zero-order valence-corrected chi connectivity index (χ0v) is 21.3. The van der Waals surface area contributed by atoms with Crippen molar-refractivity contribution >= 4 is 27.3 Å².